The van der Waals surface area contributed by atoms with Crippen molar-refractivity contribution in [1.29, 1.82) is 0 Å². The molecule has 0 unspecified atom stereocenters. The predicted molar refractivity (Wildman–Crippen MR) is 50.2 cm³/mol. The molecule has 0 radical (unpaired) electrons. The molecule has 1 aromatic rings. The molecule has 0 atom stereocenters. The summed E-state index contributed by atoms with van der Waals surface area (Å²) in [5, 5.41) is 7.37. The first-order valence-electron chi connectivity index (χ1n) is 4.44. The molecule has 0 aliphatic rings. The van der Waals surface area contributed by atoms with E-state index in [9.17, 15) is 0 Å². The Labute approximate surface area is 73.8 Å². The van der Waals surface area contributed by atoms with Crippen LogP contribution in [0.1, 0.15) is 18.2 Å². The molecule has 0 bridgehead atoms. The Morgan fingerprint density at radius 3 is 2.92 bits per heavy atom. The van der Waals surface area contributed by atoms with E-state index >= 15 is 0 Å². The van der Waals surface area contributed by atoms with Crippen LogP contribution in [0.5, 0.6) is 0 Å². The number of aryl methyl sites for hydroxylation is 2. The molecule has 0 fully saturated rings. The third kappa shape index (κ3) is 1.85. The number of nitrogens with one attached hydrogen (secondary N) is 1. The fourth-order valence-electron chi connectivity index (χ4n) is 1.37. The molecule has 3 nitrogen and oxygen atoms in total. The zero-order chi connectivity index (χ0) is 8.97. The topological polar surface area (TPSA) is 29.9 Å². The largest absolute Gasteiger partial charge is 0.319 e. The highest BCUT2D eigenvalue weighted by Gasteiger charge is 2.04. The zero-order valence-corrected chi connectivity index (χ0v) is 8.09. The van der Waals surface area contributed by atoms with Crippen LogP contribution in [0.25, 0.3) is 0 Å². The van der Waals surface area contributed by atoms with Gasteiger partial charge in [0.15, 0.2) is 0 Å². The van der Waals surface area contributed by atoms with Crippen LogP contribution in [-0.2, 0) is 19.9 Å². The van der Waals surface area contributed by atoms with Crippen molar-refractivity contribution in [2.75, 3.05) is 13.6 Å². The lowest BCUT2D eigenvalue weighted by Gasteiger charge is -2.03. The molecule has 1 aromatic heterocycles. The Morgan fingerprint density at radius 1 is 1.58 bits per heavy atom. The number of rotatable bonds is 4. The monoisotopic (exact) mass is 167 g/mol. The molecule has 68 valence electrons. The van der Waals surface area contributed by atoms with Crippen molar-refractivity contribution < 1.29 is 0 Å². The van der Waals surface area contributed by atoms with Crippen molar-refractivity contribution in [3.05, 3.63) is 17.5 Å². The summed E-state index contributed by atoms with van der Waals surface area (Å²) in [6, 6.07) is 0. The summed E-state index contributed by atoms with van der Waals surface area (Å²) in [4.78, 5) is 0. The number of likely N-dealkylation sites (N-methyl/N-ethyl adjacent to an activating group) is 1. The molecular formula is C9H17N3. The van der Waals surface area contributed by atoms with E-state index in [2.05, 4.69) is 17.3 Å². The summed E-state index contributed by atoms with van der Waals surface area (Å²) in [7, 11) is 3.98. The summed E-state index contributed by atoms with van der Waals surface area (Å²) >= 11 is 0. The number of aromatic nitrogens is 2. The molecule has 1 rings (SSSR count). The average Bonchev–Trinajstić information content (AvgIpc) is 2.43. The van der Waals surface area contributed by atoms with Gasteiger partial charge >= 0.3 is 0 Å². The van der Waals surface area contributed by atoms with Gasteiger partial charge in [0.25, 0.3) is 0 Å². The van der Waals surface area contributed by atoms with Crippen LogP contribution in [0.4, 0.5) is 0 Å². The summed E-state index contributed by atoms with van der Waals surface area (Å²) in [5.41, 5.74) is 2.72. The highest BCUT2D eigenvalue weighted by molar-refractivity contribution is 5.17. The maximum absolute atomic E-state index is 4.23. The first-order valence-corrected chi connectivity index (χ1v) is 4.44. The minimum absolute atomic E-state index is 1.02. The molecule has 1 heterocycles. The van der Waals surface area contributed by atoms with Crippen LogP contribution < -0.4 is 5.32 Å². The van der Waals surface area contributed by atoms with Gasteiger partial charge < -0.3 is 5.32 Å². The van der Waals surface area contributed by atoms with Crippen molar-refractivity contribution in [2.24, 2.45) is 7.05 Å². The quantitative estimate of drug-likeness (QED) is 0.717. The van der Waals surface area contributed by atoms with E-state index < -0.39 is 0 Å². The van der Waals surface area contributed by atoms with E-state index in [1.54, 1.807) is 0 Å². The van der Waals surface area contributed by atoms with Gasteiger partial charge in [-0.1, -0.05) is 6.92 Å². The van der Waals surface area contributed by atoms with Crippen molar-refractivity contribution in [2.45, 2.75) is 19.8 Å². The molecule has 0 aromatic carbocycles. The molecule has 1 N–H and O–H groups in total. The standard InChI is InChI=1S/C9H17N3/c1-4-8-7-11-12(3)9(8)5-6-10-2/h7,10H,4-6H2,1-3H3. The second-order valence-electron chi connectivity index (χ2n) is 2.95. The molecular weight excluding hydrogens is 150 g/mol. The molecule has 0 aliphatic heterocycles. The summed E-state index contributed by atoms with van der Waals surface area (Å²) in [5.74, 6) is 0. The van der Waals surface area contributed by atoms with Crippen LogP contribution in [0.2, 0.25) is 0 Å². The number of nitrogens with zero attached hydrogens (tertiary/aromatic N) is 2. The van der Waals surface area contributed by atoms with Crippen molar-refractivity contribution in [1.82, 2.24) is 15.1 Å². The van der Waals surface area contributed by atoms with Crippen LogP contribution >= 0.6 is 0 Å². The fourth-order valence-corrected chi connectivity index (χ4v) is 1.37. The van der Waals surface area contributed by atoms with Gasteiger partial charge in [0.2, 0.25) is 0 Å². The van der Waals surface area contributed by atoms with Crippen LogP contribution in [0.15, 0.2) is 6.20 Å². The fraction of sp³-hybridized carbons (Fsp3) is 0.667. The van der Waals surface area contributed by atoms with E-state index in [1.807, 2.05) is 25.0 Å². The molecule has 0 saturated carbocycles. The normalized spacial score (nSPS) is 10.6. The highest BCUT2D eigenvalue weighted by atomic mass is 15.3. The van der Waals surface area contributed by atoms with Gasteiger partial charge in [0, 0.05) is 25.7 Å². The Balaban J connectivity index is 2.72. The van der Waals surface area contributed by atoms with Crippen molar-refractivity contribution in [3.63, 3.8) is 0 Å². The second kappa shape index (κ2) is 4.26. The van der Waals surface area contributed by atoms with E-state index in [0.29, 0.717) is 0 Å². The maximum atomic E-state index is 4.23. The van der Waals surface area contributed by atoms with Crippen LogP contribution in [0, 0.1) is 0 Å². The third-order valence-electron chi connectivity index (χ3n) is 2.14. The molecule has 0 aliphatic carbocycles. The lowest BCUT2D eigenvalue weighted by Crippen LogP contribution is -2.13. The first-order chi connectivity index (χ1) is 5.79. The minimum atomic E-state index is 1.02. The molecule has 3 heteroatoms. The van der Waals surface area contributed by atoms with Gasteiger partial charge in [-0.15, -0.1) is 0 Å². The van der Waals surface area contributed by atoms with Gasteiger partial charge in [-0.25, -0.2) is 0 Å². The van der Waals surface area contributed by atoms with Gasteiger partial charge in [-0.05, 0) is 19.0 Å². The summed E-state index contributed by atoms with van der Waals surface area (Å²) in [6.07, 6.45) is 4.11. The van der Waals surface area contributed by atoms with Gasteiger partial charge in [0.05, 0.1) is 6.20 Å². The Morgan fingerprint density at radius 2 is 2.33 bits per heavy atom. The number of hydrogen-bond donors (Lipinski definition) is 1. The van der Waals surface area contributed by atoms with Crippen molar-refractivity contribution in [3.8, 4) is 0 Å². The van der Waals surface area contributed by atoms with E-state index in [0.717, 1.165) is 19.4 Å². The first kappa shape index (κ1) is 9.26. The smallest absolute Gasteiger partial charge is 0.0524 e. The minimum Gasteiger partial charge on any atom is -0.319 e. The zero-order valence-electron chi connectivity index (χ0n) is 8.09. The second-order valence-corrected chi connectivity index (χ2v) is 2.95. The highest BCUT2D eigenvalue weighted by Crippen LogP contribution is 2.07. The Hall–Kier alpha value is -0.830. The Kier molecular flexibility index (Phi) is 3.29. The van der Waals surface area contributed by atoms with E-state index in [-0.39, 0.29) is 0 Å². The maximum Gasteiger partial charge on any atom is 0.0524 e. The van der Waals surface area contributed by atoms with E-state index in [1.165, 1.54) is 11.3 Å². The van der Waals surface area contributed by atoms with Gasteiger partial charge in [-0.2, -0.15) is 5.10 Å². The van der Waals surface area contributed by atoms with Crippen LogP contribution in [0.3, 0.4) is 0 Å². The van der Waals surface area contributed by atoms with Gasteiger partial charge in [-0.3, -0.25) is 4.68 Å². The lowest BCUT2D eigenvalue weighted by molar-refractivity contribution is 0.677. The van der Waals surface area contributed by atoms with Crippen LogP contribution in [-0.4, -0.2) is 23.4 Å². The van der Waals surface area contributed by atoms with Crippen molar-refractivity contribution >= 4 is 0 Å². The number of hydrogen-bond acceptors (Lipinski definition) is 2. The summed E-state index contributed by atoms with van der Waals surface area (Å²) < 4.78 is 1.97. The molecule has 12 heavy (non-hydrogen) atoms. The SMILES string of the molecule is CCc1cnn(C)c1CCNC. The predicted octanol–water partition coefficient (Wildman–Crippen LogP) is 0.744. The molecule has 0 saturated heterocycles. The molecule has 0 amide bonds. The Bertz CT molecular complexity index is 240. The lowest BCUT2D eigenvalue weighted by atomic mass is 10.1. The van der Waals surface area contributed by atoms with Gasteiger partial charge in [0.1, 0.15) is 0 Å². The van der Waals surface area contributed by atoms with E-state index in [4.69, 9.17) is 0 Å². The third-order valence-corrected chi connectivity index (χ3v) is 2.14. The molecule has 0 spiro atoms. The summed E-state index contributed by atoms with van der Waals surface area (Å²) in [6.45, 7) is 3.19. The average molecular weight is 167 g/mol.